The van der Waals surface area contributed by atoms with Crippen molar-refractivity contribution in [1.82, 2.24) is 25.2 Å². The van der Waals surface area contributed by atoms with E-state index in [0.717, 1.165) is 37.4 Å². The van der Waals surface area contributed by atoms with Gasteiger partial charge < -0.3 is 25.3 Å². The molecule has 2 aliphatic rings. The highest BCUT2D eigenvalue weighted by Crippen LogP contribution is 2.23. The van der Waals surface area contributed by atoms with E-state index < -0.39 is 0 Å². The number of fused-ring (bicyclic) bond motifs is 1. The van der Waals surface area contributed by atoms with Crippen molar-refractivity contribution in [3.05, 3.63) is 29.7 Å². The predicted octanol–water partition coefficient (Wildman–Crippen LogP) is 1.48. The Hall–Kier alpha value is -2.68. The Balaban J connectivity index is 1.32. The molecule has 9 nitrogen and oxygen atoms in total. The van der Waals surface area contributed by atoms with Gasteiger partial charge >= 0.3 is 6.03 Å². The van der Waals surface area contributed by atoms with Crippen molar-refractivity contribution in [2.75, 3.05) is 23.7 Å². The van der Waals surface area contributed by atoms with Crippen LogP contribution in [0.15, 0.2) is 16.8 Å². The fraction of sp³-hybridized carbons (Fsp3) is 0.500. The molecular formula is C16H21N7O2. The lowest BCUT2D eigenvalue weighted by molar-refractivity contribution is 0.208. The SMILES string of the molecule is Cc1nc2c(o1)CN(C(=O)Nc1cnc(NC3CCNCC3)nc1)C2. The number of oxazole rings is 1. The van der Waals surface area contributed by atoms with Crippen molar-refractivity contribution < 1.29 is 9.21 Å². The molecule has 25 heavy (non-hydrogen) atoms. The minimum atomic E-state index is -0.214. The van der Waals surface area contributed by atoms with Crippen LogP contribution in [-0.4, -0.2) is 45.0 Å². The number of nitrogens with one attached hydrogen (secondary N) is 3. The Morgan fingerprint density at radius 3 is 2.76 bits per heavy atom. The van der Waals surface area contributed by atoms with Crippen molar-refractivity contribution in [3.8, 4) is 0 Å². The highest BCUT2D eigenvalue weighted by molar-refractivity contribution is 5.89. The zero-order chi connectivity index (χ0) is 17.2. The number of carbonyl (C=O) groups excluding carboxylic acids is 1. The second-order valence-electron chi connectivity index (χ2n) is 6.35. The molecule has 2 aromatic heterocycles. The maximum absolute atomic E-state index is 12.3. The fourth-order valence-electron chi connectivity index (χ4n) is 3.13. The Bertz CT molecular complexity index is 729. The Kier molecular flexibility index (Phi) is 4.22. The second kappa shape index (κ2) is 6.67. The standard InChI is InChI=1S/C16H21N7O2/c1-10-20-13-8-23(9-14(13)25-10)16(24)22-12-6-18-15(19-7-12)21-11-2-4-17-5-3-11/h6-7,11,17H,2-5,8-9H2,1H3,(H,22,24)(H,18,19,21). The number of aryl methyl sites for hydroxylation is 1. The van der Waals surface area contributed by atoms with Gasteiger partial charge in [-0.15, -0.1) is 0 Å². The molecule has 2 aromatic rings. The van der Waals surface area contributed by atoms with Crippen LogP contribution in [-0.2, 0) is 13.1 Å². The quantitative estimate of drug-likeness (QED) is 0.774. The van der Waals surface area contributed by atoms with Crippen molar-refractivity contribution in [2.24, 2.45) is 0 Å². The van der Waals surface area contributed by atoms with Crippen molar-refractivity contribution in [3.63, 3.8) is 0 Å². The first kappa shape index (κ1) is 15.8. The zero-order valence-corrected chi connectivity index (χ0v) is 14.1. The van der Waals surface area contributed by atoms with Crippen molar-refractivity contribution >= 4 is 17.7 Å². The molecule has 2 amide bonds. The molecule has 132 valence electrons. The Labute approximate surface area is 145 Å². The van der Waals surface area contributed by atoms with Gasteiger partial charge in [0, 0.05) is 13.0 Å². The summed E-state index contributed by atoms with van der Waals surface area (Å²) < 4.78 is 5.47. The maximum atomic E-state index is 12.3. The number of nitrogens with zero attached hydrogens (tertiary/aromatic N) is 4. The van der Waals surface area contributed by atoms with Gasteiger partial charge in [-0.3, -0.25) is 0 Å². The summed E-state index contributed by atoms with van der Waals surface area (Å²) in [6, 6.07) is 0.178. The number of piperidine rings is 1. The third kappa shape index (κ3) is 3.55. The normalized spacial score (nSPS) is 17.4. The molecule has 0 bridgehead atoms. The Morgan fingerprint density at radius 1 is 1.28 bits per heavy atom. The van der Waals surface area contributed by atoms with Crippen LogP contribution in [0.2, 0.25) is 0 Å². The van der Waals surface area contributed by atoms with E-state index in [4.69, 9.17) is 4.42 Å². The molecule has 3 N–H and O–H groups in total. The van der Waals surface area contributed by atoms with E-state index in [1.165, 1.54) is 0 Å². The largest absolute Gasteiger partial charge is 0.444 e. The van der Waals surface area contributed by atoms with Gasteiger partial charge in [-0.05, 0) is 25.9 Å². The molecule has 0 unspecified atom stereocenters. The van der Waals surface area contributed by atoms with Crippen LogP contribution < -0.4 is 16.0 Å². The number of rotatable bonds is 3. The summed E-state index contributed by atoms with van der Waals surface area (Å²) in [5.74, 6) is 1.98. The highest BCUT2D eigenvalue weighted by Gasteiger charge is 2.28. The lowest BCUT2D eigenvalue weighted by Crippen LogP contribution is -2.35. The molecule has 9 heteroatoms. The monoisotopic (exact) mass is 343 g/mol. The van der Waals surface area contributed by atoms with Crippen LogP contribution in [0.5, 0.6) is 0 Å². The maximum Gasteiger partial charge on any atom is 0.322 e. The minimum Gasteiger partial charge on any atom is -0.444 e. The molecule has 0 saturated carbocycles. The third-order valence-corrected chi connectivity index (χ3v) is 4.42. The van der Waals surface area contributed by atoms with E-state index in [1.807, 2.05) is 0 Å². The molecule has 0 radical (unpaired) electrons. The number of hydrogen-bond acceptors (Lipinski definition) is 7. The molecule has 1 fully saturated rings. The van der Waals surface area contributed by atoms with Crippen LogP contribution in [0.4, 0.5) is 16.4 Å². The van der Waals surface area contributed by atoms with Gasteiger partial charge in [0.05, 0.1) is 31.2 Å². The van der Waals surface area contributed by atoms with Gasteiger partial charge in [-0.1, -0.05) is 0 Å². The molecule has 0 atom stereocenters. The number of aromatic nitrogens is 3. The Morgan fingerprint density at radius 2 is 2.04 bits per heavy atom. The average molecular weight is 343 g/mol. The minimum absolute atomic E-state index is 0.214. The first-order valence-electron chi connectivity index (χ1n) is 8.48. The number of urea groups is 1. The summed E-state index contributed by atoms with van der Waals surface area (Å²) >= 11 is 0. The van der Waals surface area contributed by atoms with Crippen LogP contribution in [0.3, 0.4) is 0 Å². The molecule has 2 aliphatic heterocycles. The summed E-state index contributed by atoms with van der Waals surface area (Å²) in [4.78, 5) is 26.8. The summed E-state index contributed by atoms with van der Waals surface area (Å²) in [5.41, 5.74) is 1.39. The summed E-state index contributed by atoms with van der Waals surface area (Å²) in [7, 11) is 0. The van der Waals surface area contributed by atoms with Gasteiger partial charge in [-0.25, -0.2) is 19.7 Å². The van der Waals surface area contributed by atoms with Crippen LogP contribution in [0.1, 0.15) is 30.2 Å². The van der Waals surface area contributed by atoms with Gasteiger partial charge in [0.15, 0.2) is 5.89 Å². The fourth-order valence-corrected chi connectivity index (χ4v) is 3.13. The molecule has 0 aromatic carbocycles. The zero-order valence-electron chi connectivity index (χ0n) is 14.1. The van der Waals surface area contributed by atoms with E-state index in [1.54, 1.807) is 24.2 Å². The van der Waals surface area contributed by atoms with E-state index in [2.05, 4.69) is 30.9 Å². The van der Waals surface area contributed by atoms with Gasteiger partial charge in [-0.2, -0.15) is 0 Å². The number of carbonyl (C=O) groups is 1. The molecular weight excluding hydrogens is 322 g/mol. The van der Waals surface area contributed by atoms with Gasteiger partial charge in [0.1, 0.15) is 11.5 Å². The lowest BCUT2D eigenvalue weighted by Gasteiger charge is -2.23. The summed E-state index contributed by atoms with van der Waals surface area (Å²) in [6.45, 7) is 4.70. The number of anilines is 2. The van der Waals surface area contributed by atoms with Crippen LogP contribution in [0.25, 0.3) is 0 Å². The lowest BCUT2D eigenvalue weighted by atomic mass is 10.1. The van der Waals surface area contributed by atoms with Crippen LogP contribution >= 0.6 is 0 Å². The molecule has 4 heterocycles. The topological polar surface area (TPSA) is 108 Å². The third-order valence-electron chi connectivity index (χ3n) is 4.42. The van der Waals surface area contributed by atoms with E-state index >= 15 is 0 Å². The molecule has 4 rings (SSSR count). The highest BCUT2D eigenvalue weighted by atomic mass is 16.4. The number of hydrogen-bond donors (Lipinski definition) is 3. The smallest absolute Gasteiger partial charge is 0.322 e. The summed E-state index contributed by atoms with van der Waals surface area (Å²) in [6.07, 6.45) is 5.34. The first-order chi connectivity index (χ1) is 12.2. The first-order valence-corrected chi connectivity index (χ1v) is 8.48. The van der Waals surface area contributed by atoms with E-state index in [0.29, 0.717) is 36.7 Å². The molecule has 1 saturated heterocycles. The van der Waals surface area contributed by atoms with Crippen molar-refractivity contribution in [2.45, 2.75) is 38.9 Å². The second-order valence-corrected chi connectivity index (χ2v) is 6.35. The predicted molar refractivity (Wildman–Crippen MR) is 91.1 cm³/mol. The van der Waals surface area contributed by atoms with Gasteiger partial charge in [0.2, 0.25) is 5.95 Å². The number of amides is 2. The molecule has 0 spiro atoms. The van der Waals surface area contributed by atoms with Crippen molar-refractivity contribution in [1.29, 1.82) is 0 Å². The summed E-state index contributed by atoms with van der Waals surface area (Å²) in [5, 5.41) is 9.45. The van der Waals surface area contributed by atoms with Crippen LogP contribution in [0, 0.1) is 6.92 Å². The average Bonchev–Trinajstić information content (AvgIpc) is 3.15. The van der Waals surface area contributed by atoms with E-state index in [9.17, 15) is 4.79 Å². The van der Waals surface area contributed by atoms with Gasteiger partial charge in [0.25, 0.3) is 0 Å². The van der Waals surface area contributed by atoms with E-state index in [-0.39, 0.29) is 6.03 Å². The molecule has 0 aliphatic carbocycles.